The Labute approximate surface area is 112 Å². The first-order valence-corrected chi connectivity index (χ1v) is 6.47. The summed E-state index contributed by atoms with van der Waals surface area (Å²) in [5.74, 6) is 0.897. The van der Waals surface area contributed by atoms with Gasteiger partial charge in [0.05, 0.1) is 23.2 Å². The number of aromatic nitrogens is 2. The van der Waals surface area contributed by atoms with E-state index < -0.39 is 0 Å². The van der Waals surface area contributed by atoms with Crippen LogP contribution in [0.3, 0.4) is 0 Å². The lowest BCUT2D eigenvalue weighted by Gasteiger charge is -2.18. The number of nitrogens with zero attached hydrogens (tertiary/aromatic N) is 2. The van der Waals surface area contributed by atoms with E-state index in [1.807, 2.05) is 20.0 Å². The summed E-state index contributed by atoms with van der Waals surface area (Å²) in [5.41, 5.74) is 2.05. The fraction of sp³-hybridized carbons (Fsp3) is 0.462. The first kappa shape index (κ1) is 13.2. The third kappa shape index (κ3) is 2.44. The maximum absolute atomic E-state index is 6.22. The van der Waals surface area contributed by atoms with Crippen LogP contribution in [0.5, 0.6) is 0 Å². The SMILES string of the molecule is CCCNC(c1occc1C)c1c(Cl)cnn1C. The van der Waals surface area contributed by atoms with Crippen molar-refractivity contribution in [2.45, 2.75) is 26.3 Å². The zero-order chi connectivity index (χ0) is 13.1. The Morgan fingerprint density at radius 2 is 2.33 bits per heavy atom. The van der Waals surface area contributed by atoms with Crippen LogP contribution in [0.15, 0.2) is 22.9 Å². The van der Waals surface area contributed by atoms with E-state index in [0.717, 1.165) is 30.0 Å². The molecule has 1 atom stereocenters. The van der Waals surface area contributed by atoms with Gasteiger partial charge in [0.15, 0.2) is 0 Å². The zero-order valence-corrected chi connectivity index (χ0v) is 11.7. The van der Waals surface area contributed by atoms with Crippen LogP contribution < -0.4 is 5.32 Å². The van der Waals surface area contributed by atoms with Gasteiger partial charge in [0.2, 0.25) is 0 Å². The average Bonchev–Trinajstić information content (AvgIpc) is 2.90. The topological polar surface area (TPSA) is 43.0 Å². The molecule has 0 aliphatic heterocycles. The lowest BCUT2D eigenvalue weighted by Crippen LogP contribution is -2.25. The summed E-state index contributed by atoms with van der Waals surface area (Å²) in [7, 11) is 1.89. The Morgan fingerprint density at radius 3 is 2.83 bits per heavy atom. The predicted molar refractivity (Wildman–Crippen MR) is 71.8 cm³/mol. The Kier molecular flexibility index (Phi) is 4.09. The number of aryl methyl sites for hydroxylation is 2. The molecule has 0 aliphatic rings. The molecule has 2 aromatic heterocycles. The molecular weight excluding hydrogens is 250 g/mol. The van der Waals surface area contributed by atoms with E-state index in [0.29, 0.717) is 5.02 Å². The zero-order valence-electron chi connectivity index (χ0n) is 10.9. The van der Waals surface area contributed by atoms with Crippen LogP contribution in [0.4, 0.5) is 0 Å². The van der Waals surface area contributed by atoms with Gasteiger partial charge in [-0.05, 0) is 31.5 Å². The minimum Gasteiger partial charge on any atom is -0.467 e. The second-order valence-corrected chi connectivity index (χ2v) is 4.76. The van der Waals surface area contributed by atoms with Gasteiger partial charge in [-0.15, -0.1) is 0 Å². The molecule has 2 aromatic rings. The van der Waals surface area contributed by atoms with Crippen molar-refractivity contribution in [1.82, 2.24) is 15.1 Å². The molecule has 0 saturated heterocycles. The van der Waals surface area contributed by atoms with Gasteiger partial charge in [-0.3, -0.25) is 4.68 Å². The van der Waals surface area contributed by atoms with Gasteiger partial charge in [0.25, 0.3) is 0 Å². The molecule has 1 unspecified atom stereocenters. The summed E-state index contributed by atoms with van der Waals surface area (Å²) in [6.07, 6.45) is 4.41. The molecule has 0 bridgehead atoms. The van der Waals surface area contributed by atoms with E-state index >= 15 is 0 Å². The first-order valence-electron chi connectivity index (χ1n) is 6.10. The van der Waals surface area contributed by atoms with Gasteiger partial charge < -0.3 is 9.73 Å². The van der Waals surface area contributed by atoms with Crippen molar-refractivity contribution in [3.8, 4) is 0 Å². The van der Waals surface area contributed by atoms with E-state index in [4.69, 9.17) is 16.0 Å². The van der Waals surface area contributed by atoms with Crippen LogP contribution in [0, 0.1) is 6.92 Å². The fourth-order valence-electron chi connectivity index (χ4n) is 2.03. The van der Waals surface area contributed by atoms with Gasteiger partial charge in [-0.2, -0.15) is 5.10 Å². The van der Waals surface area contributed by atoms with Gasteiger partial charge in [0.1, 0.15) is 11.8 Å². The predicted octanol–water partition coefficient (Wildman–Crippen LogP) is 3.06. The molecule has 0 radical (unpaired) electrons. The quantitative estimate of drug-likeness (QED) is 0.905. The summed E-state index contributed by atoms with van der Waals surface area (Å²) >= 11 is 6.22. The average molecular weight is 268 g/mol. The molecule has 0 aliphatic carbocycles. The second kappa shape index (κ2) is 5.59. The minimum atomic E-state index is -0.0556. The van der Waals surface area contributed by atoms with Gasteiger partial charge in [-0.25, -0.2) is 0 Å². The van der Waals surface area contributed by atoms with E-state index in [1.54, 1.807) is 17.1 Å². The highest BCUT2D eigenvalue weighted by Crippen LogP contribution is 2.30. The molecule has 0 aromatic carbocycles. The number of nitrogens with one attached hydrogen (secondary N) is 1. The molecular formula is C13H18ClN3O. The van der Waals surface area contributed by atoms with Crippen LogP contribution in [-0.2, 0) is 7.05 Å². The Balaban J connectivity index is 2.40. The highest BCUT2D eigenvalue weighted by Gasteiger charge is 2.24. The number of hydrogen-bond donors (Lipinski definition) is 1. The summed E-state index contributed by atoms with van der Waals surface area (Å²) in [6, 6.07) is 1.90. The molecule has 0 saturated carbocycles. The number of hydrogen-bond acceptors (Lipinski definition) is 3. The molecule has 98 valence electrons. The second-order valence-electron chi connectivity index (χ2n) is 4.36. The third-order valence-corrected chi connectivity index (χ3v) is 3.26. The normalized spacial score (nSPS) is 12.9. The molecule has 0 spiro atoms. The lowest BCUT2D eigenvalue weighted by atomic mass is 10.1. The fourth-order valence-corrected chi connectivity index (χ4v) is 2.30. The monoisotopic (exact) mass is 267 g/mol. The van der Waals surface area contributed by atoms with Crippen LogP contribution in [-0.4, -0.2) is 16.3 Å². The van der Waals surface area contributed by atoms with Crippen molar-refractivity contribution in [3.63, 3.8) is 0 Å². The number of halogens is 1. The largest absolute Gasteiger partial charge is 0.467 e. The molecule has 18 heavy (non-hydrogen) atoms. The molecule has 4 nitrogen and oxygen atoms in total. The smallest absolute Gasteiger partial charge is 0.129 e. The summed E-state index contributed by atoms with van der Waals surface area (Å²) in [5, 5.41) is 8.30. The van der Waals surface area contributed by atoms with Crippen LogP contribution >= 0.6 is 11.6 Å². The van der Waals surface area contributed by atoms with Crippen molar-refractivity contribution in [1.29, 1.82) is 0 Å². The van der Waals surface area contributed by atoms with Crippen molar-refractivity contribution >= 4 is 11.6 Å². The van der Waals surface area contributed by atoms with Gasteiger partial charge in [-0.1, -0.05) is 18.5 Å². The van der Waals surface area contributed by atoms with E-state index in [-0.39, 0.29) is 6.04 Å². The molecule has 0 fully saturated rings. The molecule has 2 heterocycles. The summed E-state index contributed by atoms with van der Waals surface area (Å²) in [6.45, 7) is 5.06. The highest BCUT2D eigenvalue weighted by atomic mass is 35.5. The van der Waals surface area contributed by atoms with Crippen molar-refractivity contribution in [2.75, 3.05) is 6.54 Å². The van der Waals surface area contributed by atoms with Crippen molar-refractivity contribution in [2.24, 2.45) is 7.05 Å². The maximum Gasteiger partial charge on any atom is 0.129 e. The van der Waals surface area contributed by atoms with Crippen molar-refractivity contribution < 1.29 is 4.42 Å². The maximum atomic E-state index is 6.22. The summed E-state index contributed by atoms with van der Waals surface area (Å²) in [4.78, 5) is 0. The minimum absolute atomic E-state index is 0.0556. The Morgan fingerprint density at radius 1 is 1.56 bits per heavy atom. The van der Waals surface area contributed by atoms with Gasteiger partial charge in [0, 0.05) is 7.05 Å². The molecule has 5 heteroatoms. The number of furan rings is 1. The Bertz CT molecular complexity index is 499. The molecule has 1 N–H and O–H groups in total. The van der Waals surface area contributed by atoms with E-state index in [9.17, 15) is 0 Å². The van der Waals surface area contributed by atoms with Crippen LogP contribution in [0.25, 0.3) is 0 Å². The van der Waals surface area contributed by atoms with Crippen LogP contribution in [0.1, 0.15) is 36.4 Å². The molecule has 0 amide bonds. The highest BCUT2D eigenvalue weighted by molar-refractivity contribution is 6.31. The third-order valence-electron chi connectivity index (χ3n) is 2.97. The van der Waals surface area contributed by atoms with E-state index in [2.05, 4.69) is 17.3 Å². The van der Waals surface area contributed by atoms with Gasteiger partial charge >= 0.3 is 0 Å². The lowest BCUT2D eigenvalue weighted by molar-refractivity contribution is 0.430. The summed E-state index contributed by atoms with van der Waals surface area (Å²) < 4.78 is 7.38. The first-order chi connectivity index (χ1) is 8.65. The molecule has 2 rings (SSSR count). The standard InChI is InChI=1S/C13H18ClN3O/c1-4-6-15-11(13-9(2)5-7-18-13)12-10(14)8-16-17(12)3/h5,7-8,11,15H,4,6H2,1-3H3. The van der Waals surface area contributed by atoms with Crippen molar-refractivity contribution in [3.05, 3.63) is 40.6 Å². The van der Waals surface area contributed by atoms with E-state index in [1.165, 1.54) is 0 Å². The van der Waals surface area contributed by atoms with Crippen LogP contribution in [0.2, 0.25) is 5.02 Å². The Hall–Kier alpha value is -1.26. The number of rotatable bonds is 5.